The van der Waals surface area contributed by atoms with E-state index in [1.54, 1.807) is 18.3 Å². The smallest absolute Gasteiger partial charge is 0.286 e. The summed E-state index contributed by atoms with van der Waals surface area (Å²) in [6.07, 6.45) is 1.67. The van der Waals surface area contributed by atoms with E-state index in [-0.39, 0.29) is 11.0 Å². The summed E-state index contributed by atoms with van der Waals surface area (Å²) >= 11 is 11.3. The minimum atomic E-state index is -0.309. The summed E-state index contributed by atoms with van der Waals surface area (Å²) in [6, 6.07) is 7.24. The predicted octanol–water partition coefficient (Wildman–Crippen LogP) is 2.92. The summed E-state index contributed by atoms with van der Waals surface area (Å²) < 4.78 is 0. The predicted molar refractivity (Wildman–Crippen MR) is 88.5 cm³/mol. The van der Waals surface area contributed by atoms with Crippen molar-refractivity contribution in [1.29, 1.82) is 0 Å². The van der Waals surface area contributed by atoms with Crippen molar-refractivity contribution in [2.75, 3.05) is 5.32 Å². The largest absolute Gasteiger partial charge is 0.357 e. The number of aromatic nitrogens is 1. The van der Waals surface area contributed by atoms with Crippen LogP contribution in [0.25, 0.3) is 0 Å². The highest BCUT2D eigenvalue weighted by atomic mass is 35.5. The van der Waals surface area contributed by atoms with E-state index in [2.05, 4.69) is 21.2 Å². The zero-order valence-corrected chi connectivity index (χ0v) is 13.2. The molecule has 0 spiro atoms. The number of amides is 1. The molecular weight excluding hydrogens is 308 g/mol. The third-order valence-electron chi connectivity index (χ3n) is 2.80. The molecule has 0 aliphatic rings. The van der Waals surface area contributed by atoms with Gasteiger partial charge in [-0.3, -0.25) is 15.6 Å². The van der Waals surface area contributed by atoms with Gasteiger partial charge in [0.25, 0.3) is 5.91 Å². The molecular formula is C14H15ClN4OS. The van der Waals surface area contributed by atoms with E-state index in [1.807, 2.05) is 26.0 Å². The maximum absolute atomic E-state index is 11.7. The molecule has 1 heterocycles. The van der Waals surface area contributed by atoms with Crippen LogP contribution in [0.1, 0.15) is 21.6 Å². The molecule has 0 saturated heterocycles. The quantitative estimate of drug-likeness (QED) is 0.507. The first kappa shape index (κ1) is 15.3. The Hall–Kier alpha value is -2.05. The van der Waals surface area contributed by atoms with E-state index in [4.69, 9.17) is 23.8 Å². The lowest BCUT2D eigenvalue weighted by Crippen LogP contribution is -2.44. The van der Waals surface area contributed by atoms with E-state index in [1.165, 1.54) is 0 Å². The van der Waals surface area contributed by atoms with Crippen molar-refractivity contribution in [2.45, 2.75) is 13.8 Å². The first-order valence-electron chi connectivity index (χ1n) is 6.25. The molecule has 0 radical (unpaired) electrons. The first-order chi connectivity index (χ1) is 9.97. The van der Waals surface area contributed by atoms with Gasteiger partial charge in [-0.25, -0.2) is 0 Å². The van der Waals surface area contributed by atoms with Crippen molar-refractivity contribution >= 4 is 40.5 Å². The molecule has 1 aromatic carbocycles. The van der Waals surface area contributed by atoms with Crippen molar-refractivity contribution in [2.24, 2.45) is 0 Å². The zero-order chi connectivity index (χ0) is 15.4. The average molecular weight is 323 g/mol. The Morgan fingerprint density at radius 2 is 2.05 bits per heavy atom. The number of rotatable bonds is 2. The normalized spacial score (nSPS) is 10.0. The minimum Gasteiger partial charge on any atom is -0.357 e. The molecule has 2 rings (SSSR count). The van der Waals surface area contributed by atoms with E-state index < -0.39 is 0 Å². The number of hydrogen-bond acceptors (Lipinski definition) is 2. The van der Waals surface area contributed by atoms with Crippen LogP contribution in [0.4, 0.5) is 5.69 Å². The molecule has 5 nitrogen and oxygen atoms in total. The van der Waals surface area contributed by atoms with Gasteiger partial charge in [-0.1, -0.05) is 17.7 Å². The van der Waals surface area contributed by atoms with Crippen molar-refractivity contribution in [3.8, 4) is 0 Å². The number of carbonyl (C=O) groups excluding carboxylic acids is 1. The Morgan fingerprint density at radius 3 is 2.67 bits per heavy atom. The van der Waals surface area contributed by atoms with Gasteiger partial charge in [0.05, 0.1) is 10.7 Å². The maximum atomic E-state index is 11.7. The highest BCUT2D eigenvalue weighted by molar-refractivity contribution is 7.80. The van der Waals surface area contributed by atoms with Crippen molar-refractivity contribution < 1.29 is 4.79 Å². The lowest BCUT2D eigenvalue weighted by Gasteiger charge is -2.15. The highest BCUT2D eigenvalue weighted by Crippen LogP contribution is 2.27. The molecule has 2 aromatic rings. The molecule has 0 bridgehead atoms. The average Bonchev–Trinajstić information content (AvgIpc) is 2.94. The SMILES string of the molecule is Cc1cc(C)c(NC(=S)NNC(=O)c2ccc[nH]2)c(Cl)c1. The number of aromatic amines is 1. The lowest BCUT2D eigenvalue weighted by molar-refractivity contribution is 0.0940. The summed E-state index contributed by atoms with van der Waals surface area (Å²) in [7, 11) is 0. The number of carbonyl (C=O) groups is 1. The molecule has 0 saturated carbocycles. The Labute approximate surface area is 133 Å². The van der Waals surface area contributed by atoms with E-state index in [0.29, 0.717) is 16.4 Å². The summed E-state index contributed by atoms with van der Waals surface area (Å²) in [5, 5.41) is 3.80. The molecule has 110 valence electrons. The van der Waals surface area contributed by atoms with Gasteiger partial charge in [0, 0.05) is 6.20 Å². The Bertz CT molecular complexity index is 647. The van der Waals surface area contributed by atoms with Crippen LogP contribution in [0.3, 0.4) is 0 Å². The standard InChI is InChI=1S/C14H15ClN4OS/c1-8-6-9(2)12(10(15)7-8)17-14(21)19-18-13(20)11-4-3-5-16-11/h3-7,16H,1-2H3,(H,18,20)(H2,17,19,21). The van der Waals surface area contributed by atoms with Crippen LogP contribution in [-0.2, 0) is 0 Å². The van der Waals surface area contributed by atoms with Crippen molar-refractivity contribution in [3.63, 3.8) is 0 Å². The second kappa shape index (κ2) is 6.60. The number of thiocarbonyl (C=S) groups is 1. The highest BCUT2D eigenvalue weighted by Gasteiger charge is 2.09. The number of halogens is 1. The molecule has 0 atom stereocenters. The van der Waals surface area contributed by atoms with Gasteiger partial charge in [-0.2, -0.15) is 0 Å². The fraction of sp³-hybridized carbons (Fsp3) is 0.143. The number of aryl methyl sites for hydroxylation is 2. The first-order valence-corrected chi connectivity index (χ1v) is 7.03. The van der Waals surface area contributed by atoms with Crippen LogP contribution in [0.5, 0.6) is 0 Å². The fourth-order valence-electron chi connectivity index (χ4n) is 1.87. The number of H-pyrrole nitrogens is 1. The topological polar surface area (TPSA) is 68.9 Å². The zero-order valence-electron chi connectivity index (χ0n) is 11.6. The molecule has 1 amide bonds. The van der Waals surface area contributed by atoms with E-state index >= 15 is 0 Å². The molecule has 21 heavy (non-hydrogen) atoms. The van der Waals surface area contributed by atoms with Crippen molar-refractivity contribution in [3.05, 3.63) is 52.3 Å². The number of anilines is 1. The Balaban J connectivity index is 1.95. The van der Waals surface area contributed by atoms with Crippen LogP contribution in [0.2, 0.25) is 5.02 Å². The van der Waals surface area contributed by atoms with E-state index in [0.717, 1.165) is 11.1 Å². The van der Waals surface area contributed by atoms with Gasteiger partial charge in [-0.05, 0) is 55.4 Å². The minimum absolute atomic E-state index is 0.253. The summed E-state index contributed by atoms with van der Waals surface area (Å²) in [5.41, 5.74) is 8.32. The molecule has 0 aliphatic heterocycles. The van der Waals surface area contributed by atoms with Gasteiger partial charge in [0.2, 0.25) is 0 Å². The van der Waals surface area contributed by atoms with Crippen LogP contribution in [0.15, 0.2) is 30.5 Å². The number of hydrogen-bond donors (Lipinski definition) is 4. The van der Waals surface area contributed by atoms with Gasteiger partial charge in [0.15, 0.2) is 5.11 Å². The Morgan fingerprint density at radius 1 is 1.29 bits per heavy atom. The summed E-state index contributed by atoms with van der Waals surface area (Å²) in [4.78, 5) is 14.5. The van der Waals surface area contributed by atoms with Crippen LogP contribution >= 0.6 is 23.8 Å². The van der Waals surface area contributed by atoms with Gasteiger partial charge < -0.3 is 10.3 Å². The van der Waals surface area contributed by atoms with E-state index in [9.17, 15) is 4.79 Å². The molecule has 0 unspecified atom stereocenters. The monoisotopic (exact) mass is 322 g/mol. The Kier molecular flexibility index (Phi) is 4.82. The second-order valence-electron chi connectivity index (χ2n) is 4.56. The number of nitrogens with one attached hydrogen (secondary N) is 4. The molecule has 1 aromatic heterocycles. The molecule has 4 N–H and O–H groups in total. The number of benzene rings is 1. The van der Waals surface area contributed by atoms with Gasteiger partial charge in [0.1, 0.15) is 5.69 Å². The van der Waals surface area contributed by atoms with Crippen LogP contribution in [0, 0.1) is 13.8 Å². The third kappa shape index (κ3) is 3.96. The van der Waals surface area contributed by atoms with Crippen LogP contribution < -0.4 is 16.2 Å². The van der Waals surface area contributed by atoms with Crippen molar-refractivity contribution in [1.82, 2.24) is 15.8 Å². The van der Waals surface area contributed by atoms with Gasteiger partial charge in [-0.15, -0.1) is 0 Å². The second-order valence-corrected chi connectivity index (χ2v) is 5.37. The fourth-order valence-corrected chi connectivity index (χ4v) is 2.39. The summed E-state index contributed by atoms with van der Waals surface area (Å²) in [6.45, 7) is 3.90. The third-order valence-corrected chi connectivity index (χ3v) is 3.30. The molecule has 0 aliphatic carbocycles. The number of hydrazine groups is 1. The molecule has 0 fully saturated rings. The lowest BCUT2D eigenvalue weighted by atomic mass is 10.1. The van der Waals surface area contributed by atoms with Gasteiger partial charge >= 0.3 is 0 Å². The maximum Gasteiger partial charge on any atom is 0.286 e. The summed E-state index contributed by atoms with van der Waals surface area (Å²) in [5.74, 6) is -0.309. The van der Waals surface area contributed by atoms with Crippen LogP contribution in [-0.4, -0.2) is 16.0 Å². The molecule has 7 heteroatoms.